The number of hydrogen-bond acceptors (Lipinski definition) is 3. The molecule has 1 aromatic carbocycles. The van der Waals surface area contributed by atoms with Gasteiger partial charge in [0.25, 0.3) is 0 Å². The topological polar surface area (TPSA) is 67.1 Å². The van der Waals surface area contributed by atoms with Gasteiger partial charge in [0.05, 0.1) is 23.8 Å². The van der Waals surface area contributed by atoms with E-state index < -0.39 is 6.10 Å². The summed E-state index contributed by atoms with van der Waals surface area (Å²) in [6, 6.07) is 11.4. The third-order valence-corrected chi connectivity index (χ3v) is 3.65. The highest BCUT2D eigenvalue weighted by molar-refractivity contribution is 5.85. The number of halogens is 1. The van der Waals surface area contributed by atoms with Gasteiger partial charge in [0.15, 0.2) is 0 Å². The van der Waals surface area contributed by atoms with E-state index in [2.05, 4.69) is 6.92 Å². The number of benzene rings is 1. The number of aliphatic hydroxyl groups excluding tert-OH is 1. The Labute approximate surface area is 134 Å². The van der Waals surface area contributed by atoms with E-state index in [9.17, 15) is 5.11 Å². The van der Waals surface area contributed by atoms with E-state index in [-0.39, 0.29) is 12.4 Å². The van der Waals surface area contributed by atoms with Gasteiger partial charge in [0, 0.05) is 6.54 Å². The monoisotopic (exact) mass is 321 g/mol. The van der Waals surface area contributed by atoms with Gasteiger partial charge in [-0.1, -0.05) is 19.1 Å². The van der Waals surface area contributed by atoms with Crippen molar-refractivity contribution in [3.63, 3.8) is 0 Å². The quantitative estimate of drug-likeness (QED) is 0.758. The molecule has 1 unspecified atom stereocenters. The minimum absolute atomic E-state index is 0. The highest BCUT2D eigenvalue weighted by atomic mass is 35.5. The predicted molar refractivity (Wildman–Crippen MR) is 87.0 cm³/mol. The molecule has 2 N–H and O–H groups in total. The lowest BCUT2D eigenvalue weighted by Crippen LogP contribution is -2.26. The number of aromatic nitrogens is 2. The molecule has 0 aliphatic carbocycles. The Bertz CT molecular complexity index is 789. The SMILES string of the molecule is CCCn1c(=N)n(CC(O)c2ccco2)c2ccccc21.Cl. The number of fused-ring (bicyclic) bond motifs is 1. The number of nitrogens with one attached hydrogen (secondary N) is 1. The summed E-state index contributed by atoms with van der Waals surface area (Å²) in [7, 11) is 0. The first-order valence-corrected chi connectivity index (χ1v) is 7.16. The van der Waals surface area contributed by atoms with Crippen molar-refractivity contribution in [3.8, 4) is 0 Å². The molecule has 0 radical (unpaired) electrons. The zero-order valence-corrected chi connectivity index (χ0v) is 13.2. The Morgan fingerprint density at radius 1 is 1.14 bits per heavy atom. The van der Waals surface area contributed by atoms with Crippen LogP contribution in [-0.2, 0) is 13.1 Å². The van der Waals surface area contributed by atoms with Gasteiger partial charge in [0.2, 0.25) is 5.62 Å². The van der Waals surface area contributed by atoms with Crippen molar-refractivity contribution in [2.24, 2.45) is 0 Å². The Balaban J connectivity index is 0.00000176. The number of hydrogen-bond donors (Lipinski definition) is 2. The largest absolute Gasteiger partial charge is 0.467 e. The summed E-state index contributed by atoms with van der Waals surface area (Å²) in [6.07, 6.45) is 1.76. The van der Waals surface area contributed by atoms with Crippen molar-refractivity contribution in [2.45, 2.75) is 32.5 Å². The van der Waals surface area contributed by atoms with Crippen LogP contribution in [-0.4, -0.2) is 14.2 Å². The second-order valence-corrected chi connectivity index (χ2v) is 5.11. The summed E-state index contributed by atoms with van der Waals surface area (Å²) < 4.78 is 9.05. The molecule has 3 aromatic rings. The van der Waals surface area contributed by atoms with Crippen molar-refractivity contribution in [2.75, 3.05) is 0 Å². The number of para-hydroxylation sites is 2. The van der Waals surface area contributed by atoms with Crippen LogP contribution in [0.3, 0.4) is 0 Å². The van der Waals surface area contributed by atoms with Crippen LogP contribution in [0.4, 0.5) is 0 Å². The van der Waals surface area contributed by atoms with Crippen molar-refractivity contribution in [1.29, 1.82) is 5.41 Å². The van der Waals surface area contributed by atoms with Crippen LogP contribution in [0.5, 0.6) is 0 Å². The molecule has 5 nitrogen and oxygen atoms in total. The average molecular weight is 322 g/mol. The molecule has 0 spiro atoms. The number of furan rings is 1. The maximum Gasteiger partial charge on any atom is 0.203 e. The zero-order chi connectivity index (χ0) is 14.8. The lowest BCUT2D eigenvalue weighted by atomic mass is 10.2. The maximum absolute atomic E-state index is 10.3. The molecule has 0 saturated carbocycles. The molecule has 0 saturated heterocycles. The number of rotatable bonds is 5. The second-order valence-electron chi connectivity index (χ2n) is 5.11. The van der Waals surface area contributed by atoms with Gasteiger partial charge < -0.3 is 18.7 Å². The molecule has 0 amide bonds. The summed E-state index contributed by atoms with van der Waals surface area (Å²) in [5, 5.41) is 18.7. The minimum Gasteiger partial charge on any atom is -0.467 e. The fourth-order valence-corrected chi connectivity index (χ4v) is 2.67. The van der Waals surface area contributed by atoms with Gasteiger partial charge in [0.1, 0.15) is 11.9 Å². The van der Waals surface area contributed by atoms with Crippen LogP contribution < -0.4 is 5.62 Å². The van der Waals surface area contributed by atoms with Crippen molar-refractivity contribution < 1.29 is 9.52 Å². The molecule has 2 heterocycles. The number of aliphatic hydroxyl groups is 1. The summed E-state index contributed by atoms with van der Waals surface area (Å²) >= 11 is 0. The number of nitrogens with zero attached hydrogens (tertiary/aromatic N) is 2. The first kappa shape index (κ1) is 16.4. The molecular formula is C16H20ClN3O2. The fraction of sp³-hybridized carbons (Fsp3) is 0.312. The standard InChI is InChI=1S/C16H19N3O2.ClH/c1-2-9-18-12-6-3-4-7-13(12)19(16(18)17)11-14(20)15-8-5-10-21-15;/h3-8,10,14,17,20H,2,9,11H2,1H3;1H. The van der Waals surface area contributed by atoms with Crippen LogP contribution in [0, 0.1) is 5.41 Å². The van der Waals surface area contributed by atoms with Gasteiger partial charge in [-0.3, -0.25) is 5.41 Å². The number of imidazole rings is 1. The van der Waals surface area contributed by atoms with Gasteiger partial charge in [-0.2, -0.15) is 0 Å². The normalized spacial score (nSPS) is 12.3. The maximum atomic E-state index is 10.3. The smallest absolute Gasteiger partial charge is 0.203 e. The van der Waals surface area contributed by atoms with Gasteiger partial charge in [-0.25, -0.2) is 0 Å². The highest BCUT2D eigenvalue weighted by Crippen LogP contribution is 2.19. The number of aryl methyl sites for hydroxylation is 1. The van der Waals surface area contributed by atoms with E-state index in [4.69, 9.17) is 9.83 Å². The van der Waals surface area contributed by atoms with Gasteiger partial charge in [-0.15, -0.1) is 12.4 Å². The van der Waals surface area contributed by atoms with Crippen LogP contribution >= 0.6 is 12.4 Å². The Morgan fingerprint density at radius 3 is 2.41 bits per heavy atom. The Kier molecular flexibility index (Phi) is 5.11. The Hall–Kier alpha value is -1.98. The summed E-state index contributed by atoms with van der Waals surface area (Å²) in [4.78, 5) is 0. The highest BCUT2D eigenvalue weighted by Gasteiger charge is 2.16. The summed E-state index contributed by atoms with van der Waals surface area (Å²) in [5.74, 6) is 0.522. The molecule has 0 aliphatic rings. The van der Waals surface area contributed by atoms with Crippen molar-refractivity contribution >= 4 is 23.4 Å². The van der Waals surface area contributed by atoms with Crippen LogP contribution in [0.2, 0.25) is 0 Å². The third kappa shape index (κ3) is 2.82. The predicted octanol–water partition coefficient (Wildman–Crippen LogP) is 3.08. The second kappa shape index (κ2) is 6.85. The first-order valence-electron chi connectivity index (χ1n) is 7.16. The summed E-state index contributed by atoms with van der Waals surface area (Å²) in [6.45, 7) is 3.20. The fourth-order valence-electron chi connectivity index (χ4n) is 2.67. The molecule has 6 heteroatoms. The van der Waals surface area contributed by atoms with Crippen LogP contribution in [0.1, 0.15) is 25.2 Å². The molecule has 1 atom stereocenters. The van der Waals surface area contributed by atoms with Gasteiger partial charge in [-0.05, 0) is 30.7 Å². The first-order chi connectivity index (χ1) is 10.2. The van der Waals surface area contributed by atoms with Crippen LogP contribution in [0.25, 0.3) is 11.0 Å². The minimum atomic E-state index is -0.755. The lowest BCUT2D eigenvalue weighted by Gasteiger charge is -2.09. The average Bonchev–Trinajstić information content (AvgIpc) is 3.11. The van der Waals surface area contributed by atoms with E-state index in [0.29, 0.717) is 17.9 Å². The van der Waals surface area contributed by atoms with E-state index in [0.717, 1.165) is 24.0 Å². The van der Waals surface area contributed by atoms with Crippen molar-refractivity contribution in [3.05, 3.63) is 54.0 Å². The molecular weight excluding hydrogens is 302 g/mol. The molecule has 22 heavy (non-hydrogen) atoms. The van der Waals surface area contributed by atoms with E-state index >= 15 is 0 Å². The van der Waals surface area contributed by atoms with E-state index in [1.54, 1.807) is 18.4 Å². The van der Waals surface area contributed by atoms with Gasteiger partial charge >= 0.3 is 0 Å². The molecule has 0 bridgehead atoms. The molecule has 2 aromatic heterocycles. The van der Waals surface area contributed by atoms with E-state index in [1.807, 2.05) is 33.4 Å². The van der Waals surface area contributed by atoms with Crippen LogP contribution in [0.15, 0.2) is 47.1 Å². The molecule has 0 aliphatic heterocycles. The summed E-state index contributed by atoms with van der Waals surface area (Å²) in [5.41, 5.74) is 2.39. The molecule has 118 valence electrons. The van der Waals surface area contributed by atoms with Crippen molar-refractivity contribution in [1.82, 2.24) is 9.13 Å². The Morgan fingerprint density at radius 2 is 1.82 bits per heavy atom. The van der Waals surface area contributed by atoms with E-state index in [1.165, 1.54) is 0 Å². The molecule has 3 rings (SSSR count). The zero-order valence-electron chi connectivity index (χ0n) is 12.4. The molecule has 0 fully saturated rings. The third-order valence-electron chi connectivity index (χ3n) is 3.65. The lowest BCUT2D eigenvalue weighted by molar-refractivity contribution is 0.129.